The molecule has 0 saturated heterocycles. The molecule has 0 rings (SSSR count). The molecule has 0 aromatic heterocycles. The fourth-order valence-electron chi connectivity index (χ4n) is 7.36. The molecular weight excluding hydrogens is 671 g/mol. The van der Waals surface area contributed by atoms with Crippen LogP contribution >= 0.6 is 0 Å². The van der Waals surface area contributed by atoms with Gasteiger partial charge in [0, 0.05) is 25.5 Å². The van der Waals surface area contributed by atoms with Gasteiger partial charge in [0.25, 0.3) is 0 Å². The van der Waals surface area contributed by atoms with Crippen LogP contribution in [0.5, 0.6) is 0 Å². The van der Waals surface area contributed by atoms with Crippen LogP contribution in [0.4, 0.5) is 0 Å². The first-order valence-corrected chi connectivity index (χ1v) is 24.2. The van der Waals surface area contributed by atoms with Crippen molar-refractivity contribution in [3.8, 4) is 0 Å². The van der Waals surface area contributed by atoms with Gasteiger partial charge in [-0.1, -0.05) is 183 Å². The highest BCUT2D eigenvalue weighted by Gasteiger charge is 2.14. The predicted octanol–water partition coefficient (Wildman–Crippen LogP) is 14.2. The fraction of sp³-hybridized carbons (Fsp3) is 0.958. The van der Waals surface area contributed by atoms with Crippen LogP contribution in [0.3, 0.4) is 0 Å². The Labute approximate surface area is 338 Å². The van der Waals surface area contributed by atoms with Crippen LogP contribution in [0, 0.1) is 11.8 Å². The molecule has 2 N–H and O–H groups in total. The fourth-order valence-corrected chi connectivity index (χ4v) is 7.36. The lowest BCUT2D eigenvalue weighted by molar-refractivity contribution is -0.146. The third-order valence-electron chi connectivity index (χ3n) is 11.0. The van der Waals surface area contributed by atoms with E-state index in [-0.39, 0.29) is 18.5 Å². The van der Waals surface area contributed by atoms with Crippen molar-refractivity contribution in [2.75, 3.05) is 26.4 Å². The van der Waals surface area contributed by atoms with Crippen molar-refractivity contribution in [1.29, 1.82) is 0 Å². The van der Waals surface area contributed by atoms with Crippen LogP contribution < -0.4 is 5.32 Å². The number of carbonyl (C=O) groups excluding carboxylic acids is 2. The van der Waals surface area contributed by atoms with Gasteiger partial charge in [0.15, 0.2) is 0 Å². The van der Waals surface area contributed by atoms with Crippen LogP contribution in [0.25, 0.3) is 0 Å². The highest BCUT2D eigenvalue weighted by Crippen LogP contribution is 2.20. The van der Waals surface area contributed by atoms with Gasteiger partial charge in [-0.3, -0.25) is 9.59 Å². The lowest BCUT2D eigenvalue weighted by Gasteiger charge is -2.19. The van der Waals surface area contributed by atoms with Gasteiger partial charge >= 0.3 is 11.9 Å². The number of unbranched alkanes of at least 4 members (excludes halogenated alkanes) is 18. The van der Waals surface area contributed by atoms with Crippen LogP contribution in [0.1, 0.15) is 253 Å². The molecule has 0 aliphatic heterocycles. The lowest BCUT2D eigenvalue weighted by atomic mass is 9.96. The summed E-state index contributed by atoms with van der Waals surface area (Å²) in [5.41, 5.74) is 0. The van der Waals surface area contributed by atoms with E-state index in [9.17, 15) is 14.7 Å². The van der Waals surface area contributed by atoms with Crippen molar-refractivity contribution >= 4 is 11.9 Å². The highest BCUT2D eigenvalue weighted by molar-refractivity contribution is 5.69. The Morgan fingerprint density at radius 1 is 0.444 bits per heavy atom. The summed E-state index contributed by atoms with van der Waals surface area (Å²) in [4.78, 5) is 24.7. The zero-order valence-corrected chi connectivity index (χ0v) is 37.5. The van der Waals surface area contributed by atoms with Crippen LogP contribution in [-0.4, -0.2) is 49.5 Å². The van der Waals surface area contributed by atoms with Crippen molar-refractivity contribution in [3.63, 3.8) is 0 Å². The van der Waals surface area contributed by atoms with Crippen LogP contribution in [0.15, 0.2) is 0 Å². The normalized spacial score (nSPS) is 12.9. The molecule has 0 aliphatic rings. The summed E-state index contributed by atoms with van der Waals surface area (Å²) in [6.07, 6.45) is 38.3. The van der Waals surface area contributed by atoms with Gasteiger partial charge in [0.2, 0.25) is 0 Å². The minimum absolute atomic E-state index is 0.00131. The molecule has 0 amide bonds. The second-order valence-corrected chi connectivity index (χ2v) is 16.1. The Morgan fingerprint density at radius 3 is 1.17 bits per heavy atom. The molecule has 6 nitrogen and oxygen atoms in total. The van der Waals surface area contributed by atoms with Gasteiger partial charge in [-0.2, -0.15) is 0 Å². The van der Waals surface area contributed by atoms with Gasteiger partial charge in [-0.05, 0) is 76.2 Å². The van der Waals surface area contributed by atoms with E-state index in [1.807, 2.05) is 13.8 Å². The van der Waals surface area contributed by atoms with E-state index in [2.05, 4.69) is 33.0 Å². The Hall–Kier alpha value is -1.14. The van der Waals surface area contributed by atoms with Gasteiger partial charge in [-0.15, -0.1) is 0 Å². The number of hydrogen-bond donors (Lipinski definition) is 2. The van der Waals surface area contributed by atoms with Gasteiger partial charge in [0.1, 0.15) is 0 Å². The van der Waals surface area contributed by atoms with E-state index < -0.39 is 0 Å². The van der Waals surface area contributed by atoms with Crippen molar-refractivity contribution in [2.24, 2.45) is 11.8 Å². The summed E-state index contributed by atoms with van der Waals surface area (Å²) < 4.78 is 11.4. The number of esters is 2. The van der Waals surface area contributed by atoms with E-state index in [0.29, 0.717) is 43.9 Å². The van der Waals surface area contributed by atoms with Crippen molar-refractivity contribution in [1.82, 2.24) is 5.32 Å². The maximum Gasteiger partial charge on any atom is 0.305 e. The molecule has 0 spiro atoms. The molecule has 0 saturated carbocycles. The maximum atomic E-state index is 12.4. The summed E-state index contributed by atoms with van der Waals surface area (Å²) in [5, 5.41) is 12.9. The zero-order valence-electron chi connectivity index (χ0n) is 37.5. The number of hydrogen-bond acceptors (Lipinski definition) is 6. The molecule has 0 aromatic rings. The second-order valence-electron chi connectivity index (χ2n) is 16.1. The largest absolute Gasteiger partial charge is 0.465 e. The Balaban J connectivity index is 0. The summed E-state index contributed by atoms with van der Waals surface area (Å²) in [7, 11) is 0. The molecule has 2 atom stereocenters. The third kappa shape index (κ3) is 40.5. The SMILES string of the molecule is CC.CCCCCCC(CCCC)COC(=O)CCCCCCCCC(CCCCCCCCC(=O)OCC(CCCC)CCCCCC)NCCCO. The van der Waals surface area contributed by atoms with Crippen LogP contribution in [-0.2, 0) is 19.1 Å². The summed E-state index contributed by atoms with van der Waals surface area (Å²) in [6, 6.07) is 0.539. The third-order valence-corrected chi connectivity index (χ3v) is 11.0. The molecule has 0 fully saturated rings. The minimum Gasteiger partial charge on any atom is -0.465 e. The molecule has 6 heteroatoms. The minimum atomic E-state index is 0.00131. The van der Waals surface area contributed by atoms with E-state index in [1.54, 1.807) is 0 Å². The summed E-state index contributed by atoms with van der Waals surface area (Å²) >= 11 is 0. The molecule has 0 aliphatic carbocycles. The maximum absolute atomic E-state index is 12.4. The molecular formula is C48H97NO5. The number of ether oxygens (including phenoxy) is 2. The van der Waals surface area contributed by atoms with Gasteiger partial charge < -0.3 is 19.9 Å². The smallest absolute Gasteiger partial charge is 0.305 e. The van der Waals surface area contributed by atoms with Gasteiger partial charge in [0.05, 0.1) is 13.2 Å². The molecule has 0 radical (unpaired) electrons. The highest BCUT2D eigenvalue weighted by atomic mass is 16.5. The monoisotopic (exact) mass is 768 g/mol. The first-order valence-electron chi connectivity index (χ1n) is 24.2. The van der Waals surface area contributed by atoms with E-state index >= 15 is 0 Å². The number of aliphatic hydroxyl groups excluding tert-OH is 1. The first kappa shape index (κ1) is 55.0. The van der Waals surface area contributed by atoms with Crippen LogP contribution in [0.2, 0.25) is 0 Å². The first-order chi connectivity index (χ1) is 26.5. The topological polar surface area (TPSA) is 84.9 Å². The second kappa shape index (κ2) is 46.2. The number of carbonyl (C=O) groups is 2. The van der Waals surface area contributed by atoms with E-state index in [0.717, 1.165) is 38.6 Å². The number of nitrogens with one attached hydrogen (secondary N) is 1. The average Bonchev–Trinajstić information content (AvgIpc) is 3.18. The predicted molar refractivity (Wildman–Crippen MR) is 234 cm³/mol. The summed E-state index contributed by atoms with van der Waals surface area (Å²) in [5.74, 6) is 1.08. The Bertz CT molecular complexity index is 691. The molecule has 0 aromatic carbocycles. The zero-order chi connectivity index (χ0) is 40.2. The molecule has 54 heavy (non-hydrogen) atoms. The van der Waals surface area contributed by atoms with Crippen molar-refractivity contribution < 1.29 is 24.2 Å². The summed E-state index contributed by atoms with van der Waals surface area (Å²) in [6.45, 7) is 15.4. The molecule has 324 valence electrons. The molecule has 0 bridgehead atoms. The van der Waals surface area contributed by atoms with Crippen molar-refractivity contribution in [2.45, 2.75) is 259 Å². The lowest BCUT2D eigenvalue weighted by Crippen LogP contribution is -2.30. The Morgan fingerprint density at radius 2 is 0.778 bits per heavy atom. The van der Waals surface area contributed by atoms with E-state index in [1.165, 1.54) is 167 Å². The molecule has 2 unspecified atom stereocenters. The average molecular weight is 768 g/mol. The van der Waals surface area contributed by atoms with Gasteiger partial charge in [-0.25, -0.2) is 0 Å². The number of rotatable bonds is 42. The van der Waals surface area contributed by atoms with Crippen molar-refractivity contribution in [3.05, 3.63) is 0 Å². The Kier molecular flexibility index (Phi) is 47.1. The van der Waals surface area contributed by atoms with E-state index in [4.69, 9.17) is 9.47 Å². The standard InChI is InChI=1S/C46H91NO5.C2H6/c1-5-9-13-23-32-42(30-11-7-3)40-51-45(49)36-27-21-17-15-19-25-34-44(47-38-29-39-48)35-26-20-16-18-22-28-37-46(50)52-41-43(31-12-8-4)33-24-14-10-6-2;1-2/h42-44,47-48H,5-41H2,1-4H3;1-2H3. The number of aliphatic hydroxyl groups is 1. The quantitative estimate of drug-likeness (QED) is 0.0475. The molecule has 0 heterocycles.